The molecule has 2 rings (SSSR count). The van der Waals surface area contributed by atoms with Crippen molar-refractivity contribution in [2.45, 2.75) is 13.5 Å². The normalized spacial score (nSPS) is 10.2. The third kappa shape index (κ3) is 3.38. The summed E-state index contributed by atoms with van der Waals surface area (Å²) in [4.78, 5) is 13.5. The molecule has 2 aromatic carbocycles. The first-order valence-corrected chi connectivity index (χ1v) is 6.68. The molecule has 104 valence electrons. The van der Waals surface area contributed by atoms with Gasteiger partial charge < -0.3 is 10.2 Å². The molecule has 0 aliphatic heterocycles. The van der Waals surface area contributed by atoms with Crippen molar-refractivity contribution in [1.82, 2.24) is 4.90 Å². The maximum Gasteiger partial charge on any atom is 0.253 e. The van der Waals surface area contributed by atoms with Crippen molar-refractivity contribution in [3.63, 3.8) is 0 Å². The Kier molecular flexibility index (Phi) is 4.41. The number of nitrogens with one attached hydrogen (secondary N) is 1. The quantitative estimate of drug-likeness (QED) is 0.922. The van der Waals surface area contributed by atoms with Crippen molar-refractivity contribution < 1.29 is 4.79 Å². The summed E-state index contributed by atoms with van der Waals surface area (Å²) in [6, 6.07) is 15.9. The number of benzene rings is 2. The maximum atomic E-state index is 11.9. The third-order valence-electron chi connectivity index (χ3n) is 3.26. The van der Waals surface area contributed by atoms with Crippen LogP contribution in [0.2, 0.25) is 0 Å². The Balaban J connectivity index is 2.09. The van der Waals surface area contributed by atoms with Gasteiger partial charge in [0.15, 0.2) is 0 Å². The summed E-state index contributed by atoms with van der Waals surface area (Å²) in [5.41, 5.74) is 4.18. The molecule has 0 saturated carbocycles. The number of amides is 1. The average Bonchev–Trinajstić information content (AvgIpc) is 2.46. The van der Waals surface area contributed by atoms with Crippen LogP contribution in [-0.2, 0) is 6.54 Å². The van der Waals surface area contributed by atoms with Gasteiger partial charge in [0.25, 0.3) is 5.91 Å². The van der Waals surface area contributed by atoms with Crippen LogP contribution < -0.4 is 5.32 Å². The van der Waals surface area contributed by atoms with Crippen LogP contribution in [0.4, 0.5) is 5.69 Å². The van der Waals surface area contributed by atoms with Crippen LogP contribution in [0.25, 0.3) is 0 Å². The molecule has 1 N–H and O–H groups in total. The van der Waals surface area contributed by atoms with Gasteiger partial charge in [-0.3, -0.25) is 4.79 Å². The number of rotatable bonds is 4. The molecule has 0 bridgehead atoms. The number of nitrogens with zero attached hydrogens (tertiary/aromatic N) is 1. The van der Waals surface area contributed by atoms with Crippen LogP contribution in [-0.4, -0.2) is 24.9 Å². The number of aryl methyl sites for hydroxylation is 1. The molecular weight excluding hydrogens is 248 g/mol. The fourth-order valence-electron chi connectivity index (χ4n) is 2.03. The number of carbonyl (C=O) groups is 1. The molecule has 0 atom stereocenters. The highest BCUT2D eigenvalue weighted by molar-refractivity contribution is 5.94. The zero-order chi connectivity index (χ0) is 14.5. The summed E-state index contributed by atoms with van der Waals surface area (Å²) in [6.07, 6.45) is 0. The lowest BCUT2D eigenvalue weighted by molar-refractivity contribution is 0.0827. The predicted octanol–water partition coefficient (Wildman–Crippen LogP) is 3.31. The van der Waals surface area contributed by atoms with E-state index in [0.717, 1.165) is 12.2 Å². The molecule has 0 aromatic heterocycles. The van der Waals surface area contributed by atoms with E-state index in [4.69, 9.17) is 0 Å². The summed E-state index contributed by atoms with van der Waals surface area (Å²) >= 11 is 0. The lowest BCUT2D eigenvalue weighted by Gasteiger charge is -2.13. The van der Waals surface area contributed by atoms with Crippen LogP contribution in [0, 0.1) is 6.92 Å². The molecule has 0 radical (unpaired) electrons. The summed E-state index contributed by atoms with van der Waals surface area (Å²) in [5.74, 6) is 0.0181. The number of hydrogen-bond donors (Lipinski definition) is 1. The molecule has 0 heterocycles. The molecule has 1 amide bonds. The minimum absolute atomic E-state index is 0.0181. The van der Waals surface area contributed by atoms with Gasteiger partial charge in [-0.2, -0.15) is 0 Å². The molecule has 0 spiro atoms. The molecule has 0 aliphatic rings. The van der Waals surface area contributed by atoms with Gasteiger partial charge in [-0.05, 0) is 36.2 Å². The third-order valence-corrected chi connectivity index (χ3v) is 3.26. The van der Waals surface area contributed by atoms with E-state index in [1.165, 1.54) is 11.1 Å². The summed E-state index contributed by atoms with van der Waals surface area (Å²) in [6.45, 7) is 2.86. The molecule has 0 saturated heterocycles. The summed E-state index contributed by atoms with van der Waals surface area (Å²) in [5, 5.41) is 3.37. The van der Waals surface area contributed by atoms with Crippen LogP contribution in [0.3, 0.4) is 0 Å². The van der Waals surface area contributed by atoms with Crippen LogP contribution in [0.1, 0.15) is 21.5 Å². The highest BCUT2D eigenvalue weighted by Crippen LogP contribution is 2.14. The van der Waals surface area contributed by atoms with Crippen molar-refractivity contribution in [3.05, 3.63) is 65.2 Å². The Morgan fingerprint density at radius 3 is 2.55 bits per heavy atom. The van der Waals surface area contributed by atoms with Gasteiger partial charge in [-0.15, -0.1) is 0 Å². The van der Waals surface area contributed by atoms with E-state index in [2.05, 4.69) is 24.4 Å². The molecular formula is C17H20N2O. The topological polar surface area (TPSA) is 32.3 Å². The minimum Gasteiger partial charge on any atom is -0.381 e. The predicted molar refractivity (Wildman–Crippen MR) is 83.0 cm³/mol. The Morgan fingerprint density at radius 1 is 1.10 bits per heavy atom. The molecule has 0 fully saturated rings. The summed E-state index contributed by atoms with van der Waals surface area (Å²) in [7, 11) is 3.52. The zero-order valence-electron chi connectivity index (χ0n) is 12.2. The smallest absolute Gasteiger partial charge is 0.253 e. The van der Waals surface area contributed by atoms with Gasteiger partial charge in [0.05, 0.1) is 0 Å². The van der Waals surface area contributed by atoms with Gasteiger partial charge in [-0.1, -0.05) is 30.3 Å². The average molecular weight is 268 g/mol. The number of hydrogen-bond acceptors (Lipinski definition) is 2. The van der Waals surface area contributed by atoms with Crippen molar-refractivity contribution in [2.75, 3.05) is 19.4 Å². The Bertz CT molecular complexity index is 605. The Labute approximate surface area is 120 Å². The van der Waals surface area contributed by atoms with E-state index in [1.54, 1.807) is 19.0 Å². The number of anilines is 1. The second-order valence-corrected chi connectivity index (χ2v) is 5.06. The van der Waals surface area contributed by atoms with Crippen LogP contribution >= 0.6 is 0 Å². The van der Waals surface area contributed by atoms with E-state index in [1.807, 2.05) is 36.4 Å². The second kappa shape index (κ2) is 6.24. The minimum atomic E-state index is 0.0181. The second-order valence-electron chi connectivity index (χ2n) is 5.06. The Morgan fingerprint density at radius 2 is 1.85 bits per heavy atom. The van der Waals surface area contributed by atoms with E-state index in [0.29, 0.717) is 5.56 Å². The molecule has 20 heavy (non-hydrogen) atoms. The van der Waals surface area contributed by atoms with E-state index < -0.39 is 0 Å². The molecule has 3 nitrogen and oxygen atoms in total. The monoisotopic (exact) mass is 268 g/mol. The first-order valence-electron chi connectivity index (χ1n) is 6.68. The summed E-state index contributed by atoms with van der Waals surface area (Å²) < 4.78 is 0. The zero-order valence-corrected chi connectivity index (χ0v) is 12.2. The van der Waals surface area contributed by atoms with E-state index in [9.17, 15) is 4.79 Å². The highest BCUT2D eigenvalue weighted by Gasteiger charge is 2.08. The van der Waals surface area contributed by atoms with Gasteiger partial charge in [-0.25, -0.2) is 0 Å². The van der Waals surface area contributed by atoms with Crippen LogP contribution in [0.5, 0.6) is 0 Å². The maximum absolute atomic E-state index is 11.9. The molecule has 2 aromatic rings. The van der Waals surface area contributed by atoms with Crippen molar-refractivity contribution in [2.24, 2.45) is 0 Å². The van der Waals surface area contributed by atoms with Gasteiger partial charge in [0.1, 0.15) is 0 Å². The van der Waals surface area contributed by atoms with E-state index >= 15 is 0 Å². The van der Waals surface area contributed by atoms with Gasteiger partial charge in [0.2, 0.25) is 0 Å². The standard InChI is InChI=1S/C17H20N2O/c1-13-7-4-5-8-15(13)12-18-16-10-6-9-14(11-16)17(20)19(2)3/h4-11,18H,12H2,1-3H3. The first kappa shape index (κ1) is 14.1. The fraction of sp³-hybridized carbons (Fsp3) is 0.235. The van der Waals surface area contributed by atoms with Crippen LogP contribution in [0.15, 0.2) is 48.5 Å². The van der Waals surface area contributed by atoms with E-state index in [-0.39, 0.29) is 5.91 Å². The van der Waals surface area contributed by atoms with Gasteiger partial charge in [0, 0.05) is 31.9 Å². The molecule has 3 heteroatoms. The van der Waals surface area contributed by atoms with Crippen molar-refractivity contribution in [3.8, 4) is 0 Å². The van der Waals surface area contributed by atoms with Gasteiger partial charge >= 0.3 is 0 Å². The fourth-order valence-corrected chi connectivity index (χ4v) is 2.03. The lowest BCUT2D eigenvalue weighted by atomic mass is 10.1. The first-order chi connectivity index (χ1) is 9.58. The lowest BCUT2D eigenvalue weighted by Crippen LogP contribution is -2.21. The largest absolute Gasteiger partial charge is 0.381 e. The number of carbonyl (C=O) groups excluding carboxylic acids is 1. The van der Waals surface area contributed by atoms with Crippen molar-refractivity contribution >= 4 is 11.6 Å². The van der Waals surface area contributed by atoms with Crippen molar-refractivity contribution in [1.29, 1.82) is 0 Å². The highest BCUT2D eigenvalue weighted by atomic mass is 16.2. The Hall–Kier alpha value is -2.29. The molecule has 0 aliphatic carbocycles. The molecule has 0 unspecified atom stereocenters. The SMILES string of the molecule is Cc1ccccc1CNc1cccc(C(=O)N(C)C)c1.